The number of carbonyl (C=O) groups is 1. The Labute approximate surface area is 263 Å². The van der Waals surface area contributed by atoms with Crippen molar-refractivity contribution in [1.82, 2.24) is 9.62 Å². The molecule has 0 aromatic heterocycles. The fraction of sp³-hybridized carbons (Fsp3) is 0.242. The zero-order chi connectivity index (χ0) is 32.6. The first-order valence-corrected chi connectivity index (χ1v) is 15.8. The molecule has 7 rings (SSSR count). The van der Waals surface area contributed by atoms with Crippen molar-refractivity contribution in [2.75, 3.05) is 26.8 Å². The number of aromatic hydroxyl groups is 1. The van der Waals surface area contributed by atoms with E-state index in [1.165, 1.54) is 29.6 Å². The number of nitrogens with one attached hydrogen (secondary N) is 1. The van der Waals surface area contributed by atoms with E-state index in [0.717, 1.165) is 23.8 Å². The van der Waals surface area contributed by atoms with E-state index in [0.29, 0.717) is 29.4 Å². The van der Waals surface area contributed by atoms with E-state index in [9.17, 15) is 31.5 Å². The molecule has 1 atom stereocenters. The molecule has 1 amide bonds. The lowest BCUT2D eigenvalue weighted by atomic mass is 9.89. The summed E-state index contributed by atoms with van der Waals surface area (Å²) in [7, 11) is -3.03. The summed E-state index contributed by atoms with van der Waals surface area (Å²) < 4.78 is 87.9. The van der Waals surface area contributed by atoms with Gasteiger partial charge in [0.05, 0.1) is 35.8 Å². The molecule has 240 valence electrons. The van der Waals surface area contributed by atoms with Gasteiger partial charge in [-0.1, -0.05) is 18.2 Å². The quantitative estimate of drug-likeness (QED) is 0.276. The number of sulfonamides is 1. The normalized spacial score (nSPS) is 17.2. The number of methoxy groups -OCH3 is 1. The monoisotopic (exact) mass is 654 g/mol. The van der Waals surface area contributed by atoms with Crippen molar-refractivity contribution < 1.29 is 45.7 Å². The Bertz CT molecular complexity index is 1910. The predicted octanol–water partition coefficient (Wildman–Crippen LogP) is 6.06. The van der Waals surface area contributed by atoms with Crippen molar-refractivity contribution in [2.45, 2.75) is 30.0 Å². The lowest BCUT2D eigenvalue weighted by Crippen LogP contribution is -2.40. The number of rotatable bonds is 3. The van der Waals surface area contributed by atoms with Gasteiger partial charge in [0.25, 0.3) is 5.91 Å². The number of fused-ring (bicyclic) bond motifs is 6. The van der Waals surface area contributed by atoms with Gasteiger partial charge in [-0.3, -0.25) is 4.79 Å². The third-order valence-corrected chi connectivity index (χ3v) is 9.73. The maximum Gasteiger partial charge on any atom is 0.416 e. The van der Waals surface area contributed by atoms with E-state index >= 15 is 0 Å². The van der Waals surface area contributed by atoms with E-state index < -0.39 is 38.6 Å². The number of hydrogen-bond acceptors (Lipinski definition) is 7. The molecule has 0 radical (unpaired) electrons. The summed E-state index contributed by atoms with van der Waals surface area (Å²) in [4.78, 5) is 12.3. The number of ether oxygens (including phenoxy) is 3. The number of halogens is 3. The number of phenols is 1. The SMILES string of the molecule is COc1cc2c3cc1Oc1ccc(O)c(c1)C(=O)NCCCOc1cccc(c1)C2N(S(=O)(=O)c1cccc(C(F)(F)F)c1)CC3. The molecule has 4 aromatic carbocycles. The van der Waals surface area contributed by atoms with Crippen LogP contribution in [0.2, 0.25) is 0 Å². The molecule has 0 aliphatic carbocycles. The van der Waals surface area contributed by atoms with Crippen molar-refractivity contribution in [3.05, 3.63) is 107 Å². The van der Waals surface area contributed by atoms with Crippen LogP contribution in [0.4, 0.5) is 13.2 Å². The van der Waals surface area contributed by atoms with Crippen LogP contribution >= 0.6 is 0 Å². The smallest absolute Gasteiger partial charge is 0.416 e. The topological polar surface area (TPSA) is 114 Å². The molecule has 13 heteroatoms. The Morgan fingerprint density at radius 2 is 1.80 bits per heavy atom. The first-order chi connectivity index (χ1) is 22.0. The Balaban J connectivity index is 1.51. The second-order valence-electron chi connectivity index (χ2n) is 10.8. The molecule has 9 nitrogen and oxygen atoms in total. The lowest BCUT2D eigenvalue weighted by Gasteiger charge is -2.37. The van der Waals surface area contributed by atoms with Crippen molar-refractivity contribution in [3.63, 3.8) is 0 Å². The molecule has 8 bridgehead atoms. The fourth-order valence-electron chi connectivity index (χ4n) is 5.64. The fourth-order valence-corrected chi connectivity index (χ4v) is 7.28. The highest BCUT2D eigenvalue weighted by molar-refractivity contribution is 7.89. The molecule has 0 saturated heterocycles. The number of carbonyl (C=O) groups excluding carboxylic acids is 1. The molecule has 46 heavy (non-hydrogen) atoms. The van der Waals surface area contributed by atoms with Gasteiger partial charge in [-0.15, -0.1) is 0 Å². The molecule has 3 aliphatic heterocycles. The van der Waals surface area contributed by atoms with Crippen molar-refractivity contribution >= 4 is 15.9 Å². The van der Waals surface area contributed by atoms with Crippen molar-refractivity contribution in [1.29, 1.82) is 0 Å². The first-order valence-electron chi connectivity index (χ1n) is 14.4. The average molecular weight is 655 g/mol. The molecule has 3 heterocycles. The number of phenolic OH excluding ortho intramolecular Hbond substituents is 1. The van der Waals surface area contributed by atoms with Gasteiger partial charge in [0.1, 0.15) is 17.2 Å². The minimum absolute atomic E-state index is 0.0136. The average Bonchev–Trinajstić information content (AvgIpc) is 3.03. The Kier molecular flexibility index (Phi) is 8.30. The summed E-state index contributed by atoms with van der Waals surface area (Å²) >= 11 is 0. The number of nitrogens with zero attached hydrogens (tertiary/aromatic N) is 1. The molecule has 2 N–H and O–H groups in total. The molecular weight excluding hydrogens is 625 g/mol. The van der Waals surface area contributed by atoms with Gasteiger partial charge < -0.3 is 24.6 Å². The molecule has 0 saturated carbocycles. The number of benzene rings is 4. The highest BCUT2D eigenvalue weighted by Crippen LogP contribution is 2.45. The summed E-state index contributed by atoms with van der Waals surface area (Å²) in [6.07, 6.45) is -4.09. The third kappa shape index (κ3) is 6.07. The first kappa shape index (κ1) is 31.2. The van der Waals surface area contributed by atoms with E-state index in [4.69, 9.17) is 14.2 Å². The van der Waals surface area contributed by atoms with Gasteiger partial charge in [-0.05, 0) is 90.2 Å². The van der Waals surface area contributed by atoms with Crippen LogP contribution in [0.25, 0.3) is 0 Å². The minimum atomic E-state index is -4.73. The van der Waals surface area contributed by atoms with Gasteiger partial charge in [-0.2, -0.15) is 17.5 Å². The van der Waals surface area contributed by atoms with Crippen LogP contribution < -0.4 is 19.5 Å². The molecule has 0 fully saturated rings. The van der Waals surface area contributed by atoms with Crippen LogP contribution in [-0.2, 0) is 22.6 Å². The molecule has 1 unspecified atom stereocenters. The Morgan fingerprint density at radius 3 is 2.59 bits per heavy atom. The van der Waals surface area contributed by atoms with Gasteiger partial charge in [-0.25, -0.2) is 8.42 Å². The summed E-state index contributed by atoms with van der Waals surface area (Å²) in [6.45, 7) is 0.410. The zero-order valence-corrected chi connectivity index (χ0v) is 25.3. The maximum absolute atomic E-state index is 14.1. The van der Waals surface area contributed by atoms with Gasteiger partial charge >= 0.3 is 6.18 Å². The van der Waals surface area contributed by atoms with E-state index in [1.807, 2.05) is 0 Å². The third-order valence-electron chi connectivity index (χ3n) is 7.87. The number of alkyl halides is 3. The number of hydrogen-bond donors (Lipinski definition) is 2. The predicted molar refractivity (Wildman–Crippen MR) is 161 cm³/mol. The maximum atomic E-state index is 14.1. The highest BCUT2D eigenvalue weighted by atomic mass is 32.2. The second kappa shape index (κ2) is 12.2. The van der Waals surface area contributed by atoms with Crippen LogP contribution in [0.15, 0.2) is 83.8 Å². The molecule has 3 aliphatic rings. The lowest BCUT2D eigenvalue weighted by molar-refractivity contribution is -0.137. The summed E-state index contributed by atoms with van der Waals surface area (Å²) in [5.74, 6) is 0.493. The van der Waals surface area contributed by atoms with Crippen LogP contribution in [0, 0.1) is 0 Å². The summed E-state index contributed by atoms with van der Waals surface area (Å²) in [6, 6.07) is 17.2. The Hall–Kier alpha value is -4.75. The largest absolute Gasteiger partial charge is 0.507 e. The van der Waals surface area contributed by atoms with E-state index in [1.54, 1.807) is 36.4 Å². The second-order valence-corrected chi connectivity index (χ2v) is 12.7. The van der Waals surface area contributed by atoms with Crippen molar-refractivity contribution in [2.24, 2.45) is 0 Å². The van der Waals surface area contributed by atoms with Crippen molar-refractivity contribution in [3.8, 4) is 28.7 Å². The Morgan fingerprint density at radius 1 is 1.00 bits per heavy atom. The summed E-state index contributed by atoms with van der Waals surface area (Å²) in [5.41, 5.74) is 0.751. The van der Waals surface area contributed by atoms with Crippen LogP contribution in [0.5, 0.6) is 28.7 Å². The van der Waals surface area contributed by atoms with E-state index in [-0.39, 0.29) is 54.7 Å². The summed E-state index contributed by atoms with van der Waals surface area (Å²) in [5, 5.41) is 13.1. The van der Waals surface area contributed by atoms with E-state index in [2.05, 4.69) is 5.32 Å². The van der Waals surface area contributed by atoms with Gasteiger partial charge in [0, 0.05) is 13.1 Å². The standard InChI is InChI=1S/C33H29F3N2O7S/c1-43-29-19-26-20-11-13-38(46(41,42)25-8-3-6-22(17-25)33(34,35)36)31(26)21-5-2-7-23(15-21)44-14-4-12-37-32(40)27-18-24(9-10-28(27)39)45-30(29)16-20/h2-3,5-10,15-19,31,39H,4,11-14H2,1H3,(H,37,40). The molecule has 4 aromatic rings. The molecular formula is C33H29F3N2O7S. The van der Waals surface area contributed by atoms with Gasteiger partial charge in [0.15, 0.2) is 11.5 Å². The minimum Gasteiger partial charge on any atom is -0.507 e. The zero-order valence-electron chi connectivity index (χ0n) is 24.5. The molecule has 0 spiro atoms. The number of amides is 1. The van der Waals surface area contributed by atoms with Gasteiger partial charge in [0.2, 0.25) is 10.0 Å². The highest BCUT2D eigenvalue weighted by Gasteiger charge is 2.40. The van der Waals surface area contributed by atoms with Crippen LogP contribution in [0.1, 0.15) is 45.1 Å². The van der Waals surface area contributed by atoms with Crippen LogP contribution in [0.3, 0.4) is 0 Å². The van der Waals surface area contributed by atoms with Crippen LogP contribution in [-0.4, -0.2) is 50.5 Å².